The molecule has 0 radical (unpaired) electrons. The van der Waals surface area contributed by atoms with Crippen molar-refractivity contribution in [3.63, 3.8) is 0 Å². The monoisotopic (exact) mass is 316 g/mol. The highest BCUT2D eigenvalue weighted by Crippen LogP contribution is 2.32. The van der Waals surface area contributed by atoms with E-state index in [0.29, 0.717) is 6.42 Å². The maximum Gasteiger partial charge on any atom is 0.310 e. The Kier molecular flexibility index (Phi) is 5.68. The molecule has 1 rings (SSSR count). The van der Waals surface area contributed by atoms with Crippen LogP contribution in [0.1, 0.15) is 20.3 Å². The predicted octanol–water partition coefficient (Wildman–Crippen LogP) is 1.82. The van der Waals surface area contributed by atoms with Crippen LogP contribution in [0, 0.1) is 16.0 Å². The summed E-state index contributed by atoms with van der Waals surface area (Å²) in [6.07, 6.45) is 1.54. The fourth-order valence-electron chi connectivity index (χ4n) is 2.09. The zero-order valence-electron chi connectivity index (χ0n) is 12.2. The van der Waals surface area contributed by atoms with Gasteiger partial charge in [-0.1, -0.05) is 19.9 Å². The Labute approximate surface area is 124 Å². The van der Waals surface area contributed by atoms with Gasteiger partial charge in [0.1, 0.15) is 10.6 Å². The molecular formula is C13H20N2O5S. The molecule has 1 unspecified atom stereocenters. The van der Waals surface area contributed by atoms with Gasteiger partial charge in [-0.3, -0.25) is 10.1 Å². The average Bonchev–Trinajstić information content (AvgIpc) is 2.35. The first-order valence-corrected chi connectivity index (χ1v) is 8.40. The summed E-state index contributed by atoms with van der Waals surface area (Å²) in [5.74, 6) is 0.284. The van der Waals surface area contributed by atoms with Crippen LogP contribution in [0.25, 0.3) is 0 Å². The van der Waals surface area contributed by atoms with Crippen molar-refractivity contribution >= 4 is 21.2 Å². The number of aliphatic hydroxyl groups is 1. The van der Waals surface area contributed by atoms with Crippen molar-refractivity contribution in [2.45, 2.75) is 31.2 Å². The van der Waals surface area contributed by atoms with Crippen LogP contribution in [0.4, 0.5) is 11.4 Å². The lowest BCUT2D eigenvalue weighted by Crippen LogP contribution is -2.26. The molecule has 0 aliphatic heterocycles. The third-order valence-electron chi connectivity index (χ3n) is 2.92. The highest BCUT2D eigenvalue weighted by Gasteiger charge is 2.27. The van der Waals surface area contributed by atoms with E-state index in [1.807, 2.05) is 13.8 Å². The van der Waals surface area contributed by atoms with Crippen molar-refractivity contribution in [2.24, 2.45) is 5.92 Å². The molecule has 0 heterocycles. The first kappa shape index (κ1) is 17.4. The molecule has 0 saturated heterocycles. The third kappa shape index (κ3) is 4.68. The van der Waals surface area contributed by atoms with Crippen LogP contribution in [0.2, 0.25) is 0 Å². The number of rotatable bonds is 7. The predicted molar refractivity (Wildman–Crippen MR) is 80.2 cm³/mol. The number of hydrogen-bond acceptors (Lipinski definition) is 6. The molecule has 118 valence electrons. The van der Waals surface area contributed by atoms with Crippen molar-refractivity contribution in [2.75, 3.05) is 18.2 Å². The molecule has 0 aliphatic rings. The van der Waals surface area contributed by atoms with E-state index >= 15 is 0 Å². The second kappa shape index (κ2) is 6.86. The van der Waals surface area contributed by atoms with E-state index in [-0.39, 0.29) is 29.1 Å². The maximum absolute atomic E-state index is 11.7. The van der Waals surface area contributed by atoms with E-state index in [9.17, 15) is 23.6 Å². The Balaban J connectivity index is 3.27. The highest BCUT2D eigenvalue weighted by molar-refractivity contribution is 7.90. The molecule has 1 aromatic carbocycles. The van der Waals surface area contributed by atoms with Crippen LogP contribution in [-0.2, 0) is 9.84 Å². The molecule has 21 heavy (non-hydrogen) atoms. The highest BCUT2D eigenvalue weighted by atomic mass is 32.2. The molecule has 1 aromatic rings. The van der Waals surface area contributed by atoms with Crippen molar-refractivity contribution in [1.29, 1.82) is 0 Å². The minimum absolute atomic E-state index is 0.0997. The molecule has 0 fully saturated rings. The molecule has 0 amide bonds. The summed E-state index contributed by atoms with van der Waals surface area (Å²) in [4.78, 5) is 10.2. The lowest BCUT2D eigenvalue weighted by molar-refractivity contribution is -0.386. The lowest BCUT2D eigenvalue weighted by atomic mass is 10.0. The molecule has 7 nitrogen and oxygen atoms in total. The average molecular weight is 316 g/mol. The standard InChI is InChI=1S/C13H20N2O5S/c1-9(2)7-10(8-16)14-11-5-4-6-12(21(3,19)20)13(11)15(17)18/h4-6,9-10,14,16H,7-8H2,1-3H3. The summed E-state index contributed by atoms with van der Waals surface area (Å²) in [5.41, 5.74) is -0.384. The smallest absolute Gasteiger partial charge is 0.310 e. The summed E-state index contributed by atoms with van der Waals surface area (Å²) < 4.78 is 23.3. The largest absolute Gasteiger partial charge is 0.394 e. The fraction of sp³-hybridized carbons (Fsp3) is 0.538. The number of aliphatic hydroxyl groups excluding tert-OH is 1. The number of nitro groups is 1. The Morgan fingerprint density at radius 2 is 2.00 bits per heavy atom. The molecular weight excluding hydrogens is 296 g/mol. The fourth-order valence-corrected chi connectivity index (χ4v) is 2.96. The minimum atomic E-state index is -3.71. The summed E-state index contributed by atoms with van der Waals surface area (Å²) in [6, 6.07) is 3.71. The van der Waals surface area contributed by atoms with E-state index in [4.69, 9.17) is 0 Å². The molecule has 1 atom stereocenters. The lowest BCUT2D eigenvalue weighted by Gasteiger charge is -2.19. The number of nitro benzene ring substituents is 1. The van der Waals surface area contributed by atoms with Crippen molar-refractivity contribution in [3.8, 4) is 0 Å². The topological polar surface area (TPSA) is 110 Å². The normalized spacial score (nSPS) is 13.2. The van der Waals surface area contributed by atoms with E-state index in [0.717, 1.165) is 6.26 Å². The Morgan fingerprint density at radius 1 is 1.38 bits per heavy atom. The van der Waals surface area contributed by atoms with Crippen LogP contribution < -0.4 is 5.32 Å². The second-order valence-corrected chi connectivity index (χ2v) is 7.32. The number of hydrogen-bond donors (Lipinski definition) is 2. The number of benzene rings is 1. The van der Waals surface area contributed by atoms with Gasteiger partial charge in [0, 0.05) is 12.3 Å². The van der Waals surface area contributed by atoms with E-state index in [2.05, 4.69) is 5.32 Å². The van der Waals surface area contributed by atoms with E-state index in [1.54, 1.807) is 0 Å². The molecule has 0 aliphatic carbocycles. The molecule has 2 N–H and O–H groups in total. The first-order chi connectivity index (χ1) is 9.66. The third-order valence-corrected chi connectivity index (χ3v) is 4.05. The van der Waals surface area contributed by atoms with Gasteiger partial charge >= 0.3 is 5.69 Å². The summed E-state index contributed by atoms with van der Waals surface area (Å²) in [6.45, 7) is 3.73. The SMILES string of the molecule is CC(C)CC(CO)Nc1cccc(S(C)(=O)=O)c1[N+](=O)[O-]. The number of sulfone groups is 1. The van der Waals surface area contributed by atoms with Gasteiger partial charge < -0.3 is 10.4 Å². The minimum Gasteiger partial charge on any atom is -0.394 e. The van der Waals surface area contributed by atoms with Crippen LogP contribution in [-0.4, -0.2) is 37.4 Å². The van der Waals surface area contributed by atoms with E-state index in [1.165, 1.54) is 18.2 Å². The summed E-state index contributed by atoms with van der Waals surface area (Å²) in [5, 5.41) is 23.4. The molecule has 0 spiro atoms. The van der Waals surface area contributed by atoms with Gasteiger partial charge in [-0.25, -0.2) is 8.42 Å². The number of nitrogens with one attached hydrogen (secondary N) is 1. The maximum atomic E-state index is 11.7. The Bertz CT molecular complexity index is 613. The zero-order valence-corrected chi connectivity index (χ0v) is 13.1. The van der Waals surface area contributed by atoms with Gasteiger partial charge in [-0.15, -0.1) is 0 Å². The molecule has 0 saturated carbocycles. The van der Waals surface area contributed by atoms with Gasteiger partial charge in [0.15, 0.2) is 9.84 Å². The van der Waals surface area contributed by atoms with Crippen LogP contribution in [0.15, 0.2) is 23.1 Å². The van der Waals surface area contributed by atoms with Crippen LogP contribution >= 0.6 is 0 Å². The van der Waals surface area contributed by atoms with Crippen molar-refractivity contribution < 1.29 is 18.4 Å². The quantitative estimate of drug-likeness (QED) is 0.586. The summed E-state index contributed by atoms with van der Waals surface area (Å²) in [7, 11) is -3.71. The summed E-state index contributed by atoms with van der Waals surface area (Å²) >= 11 is 0. The number of nitrogens with zero attached hydrogens (tertiary/aromatic N) is 1. The van der Waals surface area contributed by atoms with E-state index < -0.39 is 20.4 Å². The van der Waals surface area contributed by atoms with Crippen LogP contribution in [0.3, 0.4) is 0 Å². The van der Waals surface area contributed by atoms with Crippen molar-refractivity contribution in [3.05, 3.63) is 28.3 Å². The van der Waals surface area contributed by atoms with Gasteiger partial charge in [0.25, 0.3) is 0 Å². The van der Waals surface area contributed by atoms with Gasteiger partial charge in [-0.2, -0.15) is 0 Å². The van der Waals surface area contributed by atoms with Gasteiger partial charge in [0.2, 0.25) is 0 Å². The Hall–Kier alpha value is -1.67. The first-order valence-electron chi connectivity index (χ1n) is 6.51. The van der Waals surface area contributed by atoms with Gasteiger partial charge in [0.05, 0.1) is 11.5 Å². The zero-order chi connectivity index (χ0) is 16.2. The molecule has 0 aromatic heterocycles. The Morgan fingerprint density at radius 3 is 2.43 bits per heavy atom. The van der Waals surface area contributed by atoms with Gasteiger partial charge in [-0.05, 0) is 24.5 Å². The second-order valence-electron chi connectivity index (χ2n) is 5.33. The van der Waals surface area contributed by atoms with Crippen molar-refractivity contribution in [1.82, 2.24) is 0 Å². The molecule has 0 bridgehead atoms. The number of para-hydroxylation sites is 1. The molecule has 8 heteroatoms. The van der Waals surface area contributed by atoms with Crippen LogP contribution in [0.5, 0.6) is 0 Å². The number of anilines is 1.